The number of ether oxygens (including phenoxy) is 1. The molecule has 2 atom stereocenters. The van der Waals surface area contributed by atoms with Crippen LogP contribution in [-0.4, -0.2) is 31.8 Å². The molecule has 0 spiro atoms. The predicted molar refractivity (Wildman–Crippen MR) is 85.3 cm³/mol. The van der Waals surface area contributed by atoms with Gasteiger partial charge < -0.3 is 9.84 Å². The molecule has 1 aromatic carbocycles. The van der Waals surface area contributed by atoms with E-state index in [9.17, 15) is 26.7 Å². The van der Waals surface area contributed by atoms with Crippen molar-refractivity contribution in [2.45, 2.75) is 54.9 Å². The normalized spacial score (nSPS) is 30.5. The molecule has 0 aliphatic heterocycles. The fourth-order valence-electron chi connectivity index (χ4n) is 3.58. The van der Waals surface area contributed by atoms with Crippen LogP contribution < -0.4 is 4.74 Å². The average molecular weight is 389 g/mol. The molecular weight excluding hydrogens is 371 g/mol. The SMILES string of the molecule is CS(=O)(=O)c1ccc(O[C@H]2CC[C@H](C#N)CC2)c2c1[C@H](O)C(F)(F)[C@@H]2F. The third-order valence-corrected chi connectivity index (χ3v) is 6.14. The molecule has 0 saturated heterocycles. The number of benzene rings is 1. The molecular formula is C17H18F3NO4S. The molecule has 142 valence electrons. The number of halogens is 3. The summed E-state index contributed by atoms with van der Waals surface area (Å²) in [6.45, 7) is 0. The Bertz CT molecular complexity index is 857. The maximum absolute atomic E-state index is 14.4. The van der Waals surface area contributed by atoms with Crippen molar-refractivity contribution in [1.82, 2.24) is 0 Å². The van der Waals surface area contributed by atoms with Crippen LogP contribution in [0.1, 0.15) is 49.1 Å². The number of hydrogen-bond donors (Lipinski definition) is 1. The fourth-order valence-corrected chi connectivity index (χ4v) is 4.52. The molecule has 26 heavy (non-hydrogen) atoms. The number of alkyl halides is 3. The lowest BCUT2D eigenvalue weighted by Gasteiger charge is -2.27. The van der Waals surface area contributed by atoms with E-state index < -0.39 is 44.1 Å². The van der Waals surface area contributed by atoms with Gasteiger partial charge in [-0.3, -0.25) is 0 Å². The molecule has 1 N–H and O–H groups in total. The van der Waals surface area contributed by atoms with Crippen molar-refractivity contribution in [3.8, 4) is 11.8 Å². The largest absolute Gasteiger partial charge is 0.490 e. The van der Waals surface area contributed by atoms with Crippen molar-refractivity contribution in [3.63, 3.8) is 0 Å². The van der Waals surface area contributed by atoms with Crippen molar-refractivity contribution in [1.29, 1.82) is 5.26 Å². The summed E-state index contributed by atoms with van der Waals surface area (Å²) in [5, 5.41) is 18.8. The summed E-state index contributed by atoms with van der Waals surface area (Å²) in [4.78, 5) is -0.527. The molecule has 0 aromatic heterocycles. The second kappa shape index (κ2) is 6.43. The van der Waals surface area contributed by atoms with Gasteiger partial charge in [0.25, 0.3) is 0 Å². The summed E-state index contributed by atoms with van der Waals surface area (Å²) in [5.41, 5.74) is -1.24. The highest BCUT2D eigenvalue weighted by molar-refractivity contribution is 7.90. The van der Waals surface area contributed by atoms with Crippen molar-refractivity contribution >= 4 is 9.84 Å². The molecule has 0 heterocycles. The van der Waals surface area contributed by atoms with Crippen LogP contribution in [0.3, 0.4) is 0 Å². The van der Waals surface area contributed by atoms with Crippen LogP contribution >= 0.6 is 0 Å². The second-order valence-electron chi connectivity index (χ2n) is 6.82. The lowest BCUT2D eigenvalue weighted by molar-refractivity contribution is -0.144. The standard InChI is InChI=1S/C17H18F3NO4S/c1-26(23,24)12-7-6-11(25-10-4-2-9(8-21)3-5-10)13-14(12)16(22)17(19,20)15(13)18/h6-7,9-10,15-16,22H,2-5H2,1H3/t9-,10-,15-,16+/m1/s1. The van der Waals surface area contributed by atoms with E-state index >= 15 is 0 Å². The second-order valence-corrected chi connectivity index (χ2v) is 8.81. The van der Waals surface area contributed by atoms with Gasteiger partial charge in [0.2, 0.25) is 0 Å². The molecule has 1 saturated carbocycles. The Kier molecular flexibility index (Phi) is 4.69. The van der Waals surface area contributed by atoms with E-state index in [2.05, 4.69) is 6.07 Å². The lowest BCUT2D eigenvalue weighted by Crippen LogP contribution is -2.25. The maximum Gasteiger partial charge on any atom is 0.312 e. The first-order valence-electron chi connectivity index (χ1n) is 8.20. The van der Waals surface area contributed by atoms with Gasteiger partial charge in [-0.2, -0.15) is 14.0 Å². The molecule has 3 rings (SSSR count). The maximum atomic E-state index is 14.4. The number of nitriles is 1. The summed E-state index contributed by atoms with van der Waals surface area (Å²) >= 11 is 0. The van der Waals surface area contributed by atoms with Crippen LogP contribution in [0, 0.1) is 17.2 Å². The first kappa shape index (κ1) is 19.0. The van der Waals surface area contributed by atoms with Gasteiger partial charge in [0.1, 0.15) is 11.9 Å². The molecule has 0 unspecified atom stereocenters. The molecule has 0 radical (unpaired) electrons. The zero-order valence-electron chi connectivity index (χ0n) is 14.0. The van der Waals surface area contributed by atoms with Crippen LogP contribution in [0.15, 0.2) is 17.0 Å². The van der Waals surface area contributed by atoms with Gasteiger partial charge in [0, 0.05) is 23.3 Å². The van der Waals surface area contributed by atoms with Crippen LogP contribution in [0.5, 0.6) is 5.75 Å². The van der Waals surface area contributed by atoms with E-state index in [1.54, 1.807) is 0 Å². The zero-order valence-corrected chi connectivity index (χ0v) is 14.8. The molecule has 1 aromatic rings. The number of aliphatic hydroxyl groups excluding tert-OH is 1. The van der Waals surface area contributed by atoms with Crippen molar-refractivity contribution in [3.05, 3.63) is 23.3 Å². The van der Waals surface area contributed by atoms with E-state index in [0.29, 0.717) is 25.7 Å². The highest BCUT2D eigenvalue weighted by Crippen LogP contribution is 2.57. The van der Waals surface area contributed by atoms with Gasteiger partial charge in [-0.05, 0) is 37.8 Å². The van der Waals surface area contributed by atoms with Crippen molar-refractivity contribution < 1.29 is 31.4 Å². The van der Waals surface area contributed by atoms with Crippen LogP contribution in [0.25, 0.3) is 0 Å². The first-order chi connectivity index (χ1) is 12.1. The summed E-state index contributed by atoms with van der Waals surface area (Å²) in [6, 6.07) is 4.38. The van der Waals surface area contributed by atoms with Gasteiger partial charge in [0.15, 0.2) is 16.0 Å². The van der Waals surface area contributed by atoms with Gasteiger partial charge in [0.05, 0.1) is 17.1 Å². The molecule has 2 aliphatic carbocycles. The van der Waals surface area contributed by atoms with E-state index in [1.165, 1.54) is 0 Å². The number of sulfone groups is 1. The first-order valence-corrected chi connectivity index (χ1v) is 10.1. The monoisotopic (exact) mass is 389 g/mol. The number of fused-ring (bicyclic) bond motifs is 1. The molecule has 2 aliphatic rings. The van der Waals surface area contributed by atoms with Gasteiger partial charge in [-0.25, -0.2) is 12.8 Å². The molecule has 5 nitrogen and oxygen atoms in total. The Balaban J connectivity index is 2.01. The molecule has 0 amide bonds. The highest BCUT2D eigenvalue weighted by Gasteiger charge is 2.59. The molecule has 0 bridgehead atoms. The van der Waals surface area contributed by atoms with Crippen LogP contribution in [-0.2, 0) is 9.84 Å². The zero-order chi connectivity index (χ0) is 19.3. The van der Waals surface area contributed by atoms with Gasteiger partial charge >= 0.3 is 5.92 Å². The Morgan fingerprint density at radius 1 is 1.23 bits per heavy atom. The molecule has 9 heteroatoms. The minimum atomic E-state index is -4.14. The number of rotatable bonds is 3. The third-order valence-electron chi connectivity index (χ3n) is 4.99. The van der Waals surface area contributed by atoms with E-state index in [1.807, 2.05) is 0 Å². The van der Waals surface area contributed by atoms with Crippen molar-refractivity contribution in [2.75, 3.05) is 6.26 Å². The van der Waals surface area contributed by atoms with Gasteiger partial charge in [-0.15, -0.1) is 0 Å². The summed E-state index contributed by atoms with van der Waals surface area (Å²) in [6.07, 6.45) is -2.80. The molecule has 1 fully saturated rings. The van der Waals surface area contributed by atoms with Gasteiger partial charge in [-0.1, -0.05) is 0 Å². The van der Waals surface area contributed by atoms with E-state index in [-0.39, 0.29) is 17.8 Å². The number of hydrogen-bond acceptors (Lipinski definition) is 5. The highest BCUT2D eigenvalue weighted by atomic mass is 32.2. The minimum Gasteiger partial charge on any atom is -0.490 e. The van der Waals surface area contributed by atoms with Crippen LogP contribution in [0.2, 0.25) is 0 Å². The van der Waals surface area contributed by atoms with Crippen molar-refractivity contribution in [2.24, 2.45) is 5.92 Å². The van der Waals surface area contributed by atoms with E-state index in [4.69, 9.17) is 10.00 Å². The topological polar surface area (TPSA) is 87.4 Å². The van der Waals surface area contributed by atoms with E-state index in [0.717, 1.165) is 18.4 Å². The summed E-state index contributed by atoms with van der Waals surface area (Å²) < 4.78 is 71.9. The Morgan fingerprint density at radius 3 is 2.38 bits per heavy atom. The quantitative estimate of drug-likeness (QED) is 0.858. The minimum absolute atomic E-state index is 0.0896. The van der Waals surface area contributed by atoms with Crippen LogP contribution in [0.4, 0.5) is 13.2 Å². The number of aliphatic hydroxyl groups is 1. The third kappa shape index (κ3) is 3.05. The summed E-state index contributed by atoms with van der Waals surface area (Å²) in [5.74, 6) is -4.41. The predicted octanol–water partition coefficient (Wildman–Crippen LogP) is 3.24. The fraction of sp³-hybridized carbons (Fsp3) is 0.588. The summed E-state index contributed by atoms with van der Waals surface area (Å²) in [7, 11) is -3.95. The Labute approximate surface area is 149 Å². The Morgan fingerprint density at radius 2 is 1.85 bits per heavy atom. The lowest BCUT2D eigenvalue weighted by atomic mass is 9.88. The number of nitrogens with zero attached hydrogens (tertiary/aromatic N) is 1. The average Bonchev–Trinajstić information content (AvgIpc) is 2.76. The smallest absolute Gasteiger partial charge is 0.312 e. The Hall–Kier alpha value is -1.79.